The third-order valence-electron chi connectivity index (χ3n) is 4.52. The minimum absolute atomic E-state index is 0.314. The summed E-state index contributed by atoms with van der Waals surface area (Å²) in [5, 5.41) is 2.12. The minimum atomic E-state index is -0.613. The first-order chi connectivity index (χ1) is 11.1. The van der Waals surface area contributed by atoms with E-state index in [0.29, 0.717) is 5.15 Å². The Hall–Kier alpha value is -2.46. The van der Waals surface area contributed by atoms with Gasteiger partial charge in [0.15, 0.2) is 0 Å². The first-order valence-corrected chi connectivity index (χ1v) is 7.80. The number of halogens is 1. The second kappa shape index (κ2) is 5.03. The van der Waals surface area contributed by atoms with Crippen molar-refractivity contribution in [2.75, 3.05) is 0 Å². The van der Waals surface area contributed by atoms with Gasteiger partial charge in [-0.15, -0.1) is 0 Å². The quantitative estimate of drug-likeness (QED) is 0.750. The third-order valence-corrected chi connectivity index (χ3v) is 4.82. The van der Waals surface area contributed by atoms with E-state index in [9.17, 15) is 4.79 Å². The number of amides is 1. The van der Waals surface area contributed by atoms with Crippen LogP contribution in [0.2, 0.25) is 5.15 Å². The molecule has 4 rings (SSSR count). The summed E-state index contributed by atoms with van der Waals surface area (Å²) >= 11 is 6.22. The Morgan fingerprint density at radius 1 is 1.09 bits per heavy atom. The maximum atomic E-state index is 11.8. The molecular weight excluding hydrogens is 310 g/mol. The monoisotopic (exact) mass is 323 g/mol. The highest BCUT2D eigenvalue weighted by Gasteiger charge is 2.51. The maximum absolute atomic E-state index is 11.8. The first kappa shape index (κ1) is 14.2. The molecule has 0 atom stereocenters. The molecule has 23 heavy (non-hydrogen) atoms. The van der Waals surface area contributed by atoms with Crippen molar-refractivity contribution in [3.63, 3.8) is 0 Å². The lowest BCUT2D eigenvalue weighted by Gasteiger charge is -2.13. The molecule has 2 heterocycles. The van der Waals surface area contributed by atoms with Crippen LogP contribution in [-0.2, 0) is 10.2 Å². The van der Waals surface area contributed by atoms with Crippen LogP contribution in [0, 0.1) is 0 Å². The molecule has 3 aromatic rings. The number of nitrogens with zero attached hydrogens (tertiary/aromatic N) is 2. The van der Waals surface area contributed by atoms with E-state index >= 15 is 0 Å². The van der Waals surface area contributed by atoms with Crippen molar-refractivity contribution < 1.29 is 4.79 Å². The van der Waals surface area contributed by atoms with Gasteiger partial charge in [-0.1, -0.05) is 41.9 Å². The molecule has 1 amide bonds. The molecule has 5 heteroatoms. The molecule has 0 spiro atoms. The number of fused-ring (bicyclic) bond motifs is 1. The molecule has 1 fully saturated rings. The van der Waals surface area contributed by atoms with Crippen LogP contribution in [0.1, 0.15) is 18.5 Å². The molecule has 0 radical (unpaired) electrons. The number of carbonyl (C=O) groups excluding carboxylic acids is 1. The molecule has 1 aliphatic rings. The van der Waals surface area contributed by atoms with Gasteiger partial charge in [0.1, 0.15) is 5.15 Å². The molecule has 114 valence electrons. The van der Waals surface area contributed by atoms with Gasteiger partial charge in [0.25, 0.3) is 0 Å². The summed E-state index contributed by atoms with van der Waals surface area (Å²) in [4.78, 5) is 20.5. The average Bonchev–Trinajstić information content (AvgIpc) is 3.38. The Morgan fingerprint density at radius 3 is 2.48 bits per heavy atom. The molecule has 0 aliphatic heterocycles. The molecule has 1 saturated carbocycles. The topological polar surface area (TPSA) is 68.9 Å². The van der Waals surface area contributed by atoms with E-state index in [1.807, 2.05) is 36.4 Å². The predicted octanol–water partition coefficient (Wildman–Crippen LogP) is 3.47. The number of pyridine rings is 2. The smallest absolute Gasteiger partial charge is 0.229 e. The highest BCUT2D eigenvalue weighted by atomic mass is 35.5. The lowest BCUT2D eigenvalue weighted by Crippen LogP contribution is -2.29. The van der Waals surface area contributed by atoms with Crippen molar-refractivity contribution >= 4 is 28.3 Å². The molecule has 1 aliphatic carbocycles. The predicted molar refractivity (Wildman–Crippen MR) is 90.1 cm³/mol. The summed E-state index contributed by atoms with van der Waals surface area (Å²) in [5.41, 5.74) is 7.69. The maximum Gasteiger partial charge on any atom is 0.229 e. The van der Waals surface area contributed by atoms with Crippen LogP contribution in [0.5, 0.6) is 0 Å². The second-order valence-corrected chi connectivity index (χ2v) is 6.25. The molecule has 4 nitrogen and oxygen atoms in total. The van der Waals surface area contributed by atoms with Gasteiger partial charge in [0.2, 0.25) is 5.91 Å². The largest absolute Gasteiger partial charge is 0.369 e. The zero-order valence-electron chi connectivity index (χ0n) is 12.3. The van der Waals surface area contributed by atoms with E-state index in [1.54, 1.807) is 12.4 Å². The normalized spacial score (nSPS) is 15.5. The average molecular weight is 324 g/mol. The van der Waals surface area contributed by atoms with E-state index in [1.165, 1.54) is 0 Å². The van der Waals surface area contributed by atoms with Crippen LogP contribution in [0.25, 0.3) is 21.9 Å². The van der Waals surface area contributed by atoms with Crippen molar-refractivity contribution in [3.05, 3.63) is 59.6 Å². The lowest BCUT2D eigenvalue weighted by atomic mass is 9.96. The van der Waals surface area contributed by atoms with Crippen LogP contribution in [0.15, 0.2) is 48.8 Å². The van der Waals surface area contributed by atoms with Gasteiger partial charge in [-0.05, 0) is 29.9 Å². The van der Waals surface area contributed by atoms with Crippen LogP contribution >= 0.6 is 11.6 Å². The highest BCUT2D eigenvalue weighted by Crippen LogP contribution is 2.48. The minimum Gasteiger partial charge on any atom is -0.369 e. The van der Waals surface area contributed by atoms with Crippen molar-refractivity contribution in [1.29, 1.82) is 0 Å². The number of benzene rings is 1. The zero-order chi connectivity index (χ0) is 16.0. The van der Waals surface area contributed by atoms with E-state index in [0.717, 1.165) is 40.4 Å². The third kappa shape index (κ3) is 2.18. The van der Waals surface area contributed by atoms with E-state index in [4.69, 9.17) is 17.3 Å². The Labute approximate surface area is 138 Å². The van der Waals surface area contributed by atoms with Crippen molar-refractivity contribution in [2.24, 2.45) is 5.73 Å². The number of aromatic nitrogens is 2. The SMILES string of the molecule is NC(=O)C1(c2cc3c(-c4ccccc4)cnc(Cl)c3cn2)CC1. The van der Waals surface area contributed by atoms with Crippen LogP contribution in [-0.4, -0.2) is 15.9 Å². The molecule has 0 bridgehead atoms. The number of rotatable bonds is 3. The summed E-state index contributed by atoms with van der Waals surface area (Å²) in [6.07, 6.45) is 4.95. The zero-order valence-corrected chi connectivity index (χ0v) is 13.0. The molecular formula is C18H14ClN3O. The molecule has 0 saturated heterocycles. The highest BCUT2D eigenvalue weighted by molar-refractivity contribution is 6.34. The fourth-order valence-corrected chi connectivity index (χ4v) is 3.17. The molecule has 2 N–H and O–H groups in total. The molecule has 2 aromatic heterocycles. The van der Waals surface area contributed by atoms with Gasteiger partial charge in [-0.25, -0.2) is 4.98 Å². The van der Waals surface area contributed by atoms with Crippen LogP contribution in [0.3, 0.4) is 0 Å². The summed E-state index contributed by atoms with van der Waals surface area (Å²) < 4.78 is 0. The van der Waals surface area contributed by atoms with Crippen molar-refractivity contribution in [1.82, 2.24) is 9.97 Å². The number of nitrogens with two attached hydrogens (primary N) is 1. The van der Waals surface area contributed by atoms with Crippen molar-refractivity contribution in [3.8, 4) is 11.1 Å². The molecule has 1 aromatic carbocycles. The summed E-state index contributed by atoms with van der Waals surface area (Å²) in [6, 6.07) is 11.9. The van der Waals surface area contributed by atoms with Gasteiger partial charge in [0.05, 0.1) is 11.1 Å². The fraction of sp³-hybridized carbons (Fsp3) is 0.167. The number of hydrogen-bond donors (Lipinski definition) is 1. The van der Waals surface area contributed by atoms with Gasteiger partial charge < -0.3 is 5.73 Å². The first-order valence-electron chi connectivity index (χ1n) is 7.42. The number of hydrogen-bond acceptors (Lipinski definition) is 3. The van der Waals surface area contributed by atoms with Crippen molar-refractivity contribution in [2.45, 2.75) is 18.3 Å². The van der Waals surface area contributed by atoms with E-state index in [-0.39, 0.29) is 5.91 Å². The van der Waals surface area contributed by atoms with E-state index < -0.39 is 5.41 Å². The summed E-state index contributed by atoms with van der Waals surface area (Å²) in [5.74, 6) is -0.314. The Balaban J connectivity index is 1.98. The van der Waals surface area contributed by atoms with Gasteiger partial charge in [-0.3, -0.25) is 9.78 Å². The number of primary amides is 1. The van der Waals surface area contributed by atoms with E-state index in [2.05, 4.69) is 9.97 Å². The number of carbonyl (C=O) groups is 1. The molecule has 0 unspecified atom stereocenters. The van der Waals surface area contributed by atoms with Gasteiger partial charge in [-0.2, -0.15) is 0 Å². The van der Waals surface area contributed by atoms with Crippen LogP contribution < -0.4 is 5.73 Å². The summed E-state index contributed by atoms with van der Waals surface area (Å²) in [7, 11) is 0. The Kier molecular flexibility index (Phi) is 3.10. The van der Waals surface area contributed by atoms with Gasteiger partial charge in [0, 0.05) is 23.3 Å². The lowest BCUT2D eigenvalue weighted by molar-refractivity contribution is -0.120. The Bertz CT molecular complexity index is 920. The van der Waals surface area contributed by atoms with Gasteiger partial charge >= 0.3 is 0 Å². The fourth-order valence-electron chi connectivity index (χ4n) is 2.97. The standard InChI is InChI=1S/C18H14ClN3O/c19-16-14-10-21-15(18(6-7-18)17(20)23)8-12(14)13(9-22-16)11-4-2-1-3-5-11/h1-5,8-10H,6-7H2,(H2,20,23). The second-order valence-electron chi connectivity index (χ2n) is 5.89. The summed E-state index contributed by atoms with van der Waals surface area (Å²) in [6.45, 7) is 0. The Morgan fingerprint density at radius 2 is 1.83 bits per heavy atom. The van der Waals surface area contributed by atoms with Crippen LogP contribution in [0.4, 0.5) is 0 Å².